The molecule has 1 amide bonds. The summed E-state index contributed by atoms with van der Waals surface area (Å²) < 4.78 is 1.57. The Kier molecular flexibility index (Phi) is 4.29. The molecule has 2 N–H and O–H groups in total. The molecule has 1 unspecified atom stereocenters. The number of hydrogen-bond donors (Lipinski definition) is 2. The summed E-state index contributed by atoms with van der Waals surface area (Å²) in [6.45, 7) is 3.36. The standard InChI is InChI=1S/C12H17ClN4O3/c1-7-8(11(13)16(2)15-7)6-17-4-3-14-12(20)9(17)5-10(18)19/h9H,3-6H2,1-2H3,(H,14,20)(H,18,19). The minimum absolute atomic E-state index is 0.219. The third-order valence-electron chi connectivity index (χ3n) is 3.44. The van der Waals surface area contributed by atoms with Gasteiger partial charge in [0.2, 0.25) is 5.91 Å². The zero-order valence-electron chi connectivity index (χ0n) is 11.4. The predicted molar refractivity (Wildman–Crippen MR) is 72.4 cm³/mol. The van der Waals surface area contributed by atoms with Crippen LogP contribution in [-0.4, -0.2) is 50.8 Å². The molecule has 0 bridgehead atoms. The van der Waals surface area contributed by atoms with Crippen molar-refractivity contribution >= 4 is 23.5 Å². The van der Waals surface area contributed by atoms with Crippen molar-refractivity contribution in [2.24, 2.45) is 7.05 Å². The number of aliphatic carboxylic acids is 1. The number of carboxylic acid groups (broad SMARTS) is 1. The molecule has 7 nitrogen and oxygen atoms in total. The second kappa shape index (κ2) is 5.80. The minimum atomic E-state index is -0.994. The Morgan fingerprint density at radius 1 is 1.60 bits per heavy atom. The maximum atomic E-state index is 11.8. The van der Waals surface area contributed by atoms with Gasteiger partial charge in [0, 0.05) is 32.2 Å². The van der Waals surface area contributed by atoms with E-state index in [-0.39, 0.29) is 12.3 Å². The summed E-state index contributed by atoms with van der Waals surface area (Å²) in [5, 5.41) is 16.4. The van der Waals surface area contributed by atoms with Gasteiger partial charge in [0.05, 0.1) is 12.1 Å². The summed E-state index contributed by atoms with van der Waals surface area (Å²) >= 11 is 6.18. The highest BCUT2D eigenvalue weighted by atomic mass is 35.5. The van der Waals surface area contributed by atoms with E-state index < -0.39 is 12.0 Å². The number of rotatable bonds is 4. The Morgan fingerprint density at radius 2 is 2.30 bits per heavy atom. The summed E-state index contributed by atoms with van der Waals surface area (Å²) in [6, 6.07) is -0.670. The second-order valence-electron chi connectivity index (χ2n) is 4.85. The second-order valence-corrected chi connectivity index (χ2v) is 5.21. The smallest absolute Gasteiger partial charge is 0.305 e. The fourth-order valence-corrected chi connectivity index (χ4v) is 2.63. The molecule has 8 heteroatoms. The van der Waals surface area contributed by atoms with Crippen LogP contribution in [0.3, 0.4) is 0 Å². The zero-order chi connectivity index (χ0) is 14.9. The predicted octanol–water partition coefficient (Wildman–Crippen LogP) is 0.157. The van der Waals surface area contributed by atoms with E-state index in [0.29, 0.717) is 24.8 Å². The van der Waals surface area contributed by atoms with Gasteiger partial charge in [-0.3, -0.25) is 19.2 Å². The van der Waals surface area contributed by atoms with Crippen molar-refractivity contribution in [3.63, 3.8) is 0 Å². The highest BCUT2D eigenvalue weighted by Crippen LogP contribution is 2.22. The molecule has 1 aromatic heterocycles. The van der Waals surface area contributed by atoms with Gasteiger partial charge < -0.3 is 10.4 Å². The van der Waals surface area contributed by atoms with Gasteiger partial charge in [-0.15, -0.1) is 0 Å². The molecule has 0 spiro atoms. The summed E-state index contributed by atoms with van der Waals surface area (Å²) in [6.07, 6.45) is -0.219. The number of amides is 1. The van der Waals surface area contributed by atoms with E-state index in [4.69, 9.17) is 16.7 Å². The van der Waals surface area contributed by atoms with E-state index >= 15 is 0 Å². The molecule has 1 atom stereocenters. The Bertz CT molecular complexity index is 543. The van der Waals surface area contributed by atoms with Gasteiger partial charge in [0.15, 0.2) is 0 Å². The first-order valence-corrected chi connectivity index (χ1v) is 6.69. The maximum absolute atomic E-state index is 11.8. The third-order valence-corrected chi connectivity index (χ3v) is 3.91. The summed E-state index contributed by atoms with van der Waals surface area (Å²) in [5.41, 5.74) is 1.62. The lowest BCUT2D eigenvalue weighted by molar-refractivity contribution is -0.143. The van der Waals surface area contributed by atoms with Crippen molar-refractivity contribution in [3.05, 3.63) is 16.4 Å². The highest BCUT2D eigenvalue weighted by molar-refractivity contribution is 6.30. The first kappa shape index (κ1) is 14.8. The average Bonchev–Trinajstić information content (AvgIpc) is 2.60. The van der Waals surface area contributed by atoms with Crippen LogP contribution in [0.1, 0.15) is 17.7 Å². The van der Waals surface area contributed by atoms with Gasteiger partial charge in [-0.25, -0.2) is 0 Å². The Labute approximate surface area is 121 Å². The lowest BCUT2D eigenvalue weighted by atomic mass is 10.1. The first-order chi connectivity index (χ1) is 9.40. The molecule has 0 aromatic carbocycles. The van der Waals surface area contributed by atoms with Crippen LogP contribution < -0.4 is 5.32 Å². The third kappa shape index (κ3) is 2.94. The highest BCUT2D eigenvalue weighted by Gasteiger charge is 2.32. The van der Waals surface area contributed by atoms with Crippen LogP contribution in [0.2, 0.25) is 5.15 Å². The molecule has 2 heterocycles. The number of nitrogens with one attached hydrogen (secondary N) is 1. The van der Waals surface area contributed by atoms with Crippen LogP contribution in [0, 0.1) is 6.92 Å². The van der Waals surface area contributed by atoms with Crippen LogP contribution in [0.4, 0.5) is 0 Å². The summed E-state index contributed by atoms with van der Waals surface area (Å²) in [4.78, 5) is 24.6. The number of aryl methyl sites for hydroxylation is 2. The number of hydrogen-bond acceptors (Lipinski definition) is 4. The van der Waals surface area contributed by atoms with Gasteiger partial charge in [-0.2, -0.15) is 5.10 Å². The van der Waals surface area contributed by atoms with E-state index in [1.165, 1.54) is 0 Å². The van der Waals surface area contributed by atoms with Crippen LogP contribution in [0.25, 0.3) is 0 Å². The van der Waals surface area contributed by atoms with Crippen molar-refractivity contribution in [1.82, 2.24) is 20.0 Å². The molecule has 1 fully saturated rings. The van der Waals surface area contributed by atoms with E-state index in [1.807, 2.05) is 11.8 Å². The lowest BCUT2D eigenvalue weighted by Crippen LogP contribution is -2.55. The quantitative estimate of drug-likeness (QED) is 0.827. The molecule has 110 valence electrons. The van der Waals surface area contributed by atoms with Crippen LogP contribution >= 0.6 is 11.6 Å². The fraction of sp³-hybridized carbons (Fsp3) is 0.583. The summed E-state index contributed by atoms with van der Waals surface area (Å²) in [7, 11) is 1.75. The maximum Gasteiger partial charge on any atom is 0.305 e. The molecule has 0 radical (unpaired) electrons. The molecule has 0 saturated carbocycles. The van der Waals surface area contributed by atoms with E-state index in [0.717, 1.165) is 11.3 Å². The molecule has 0 aliphatic carbocycles. The van der Waals surface area contributed by atoms with Crippen molar-refractivity contribution in [1.29, 1.82) is 0 Å². The van der Waals surface area contributed by atoms with E-state index in [9.17, 15) is 9.59 Å². The van der Waals surface area contributed by atoms with Crippen molar-refractivity contribution in [2.75, 3.05) is 13.1 Å². The van der Waals surface area contributed by atoms with E-state index in [1.54, 1.807) is 11.7 Å². The first-order valence-electron chi connectivity index (χ1n) is 6.31. The Morgan fingerprint density at radius 3 is 2.85 bits per heavy atom. The topological polar surface area (TPSA) is 87.5 Å². The number of carboxylic acids is 1. The zero-order valence-corrected chi connectivity index (χ0v) is 12.1. The Balaban J connectivity index is 2.20. The molecular formula is C12H17ClN4O3. The van der Waals surface area contributed by atoms with Crippen LogP contribution in [-0.2, 0) is 23.2 Å². The molecular weight excluding hydrogens is 284 g/mol. The van der Waals surface area contributed by atoms with Gasteiger partial charge in [0.25, 0.3) is 0 Å². The van der Waals surface area contributed by atoms with Gasteiger partial charge in [0.1, 0.15) is 11.2 Å². The number of piperazine rings is 1. The number of carbonyl (C=O) groups excluding carboxylic acids is 1. The number of nitrogens with zero attached hydrogens (tertiary/aromatic N) is 3. The SMILES string of the molecule is Cc1nn(C)c(Cl)c1CN1CCNC(=O)C1CC(=O)O. The lowest BCUT2D eigenvalue weighted by Gasteiger charge is -2.34. The fourth-order valence-electron chi connectivity index (χ4n) is 2.40. The minimum Gasteiger partial charge on any atom is -0.481 e. The summed E-state index contributed by atoms with van der Waals surface area (Å²) in [5.74, 6) is -1.25. The average molecular weight is 301 g/mol. The monoisotopic (exact) mass is 300 g/mol. The van der Waals surface area contributed by atoms with E-state index in [2.05, 4.69) is 10.4 Å². The van der Waals surface area contributed by atoms with Gasteiger partial charge in [-0.05, 0) is 6.92 Å². The molecule has 1 aliphatic rings. The number of aromatic nitrogens is 2. The molecule has 1 saturated heterocycles. The molecule has 1 aliphatic heterocycles. The van der Waals surface area contributed by atoms with Crippen molar-refractivity contribution in [3.8, 4) is 0 Å². The van der Waals surface area contributed by atoms with Crippen LogP contribution in [0.15, 0.2) is 0 Å². The Hall–Kier alpha value is -1.60. The van der Waals surface area contributed by atoms with Gasteiger partial charge >= 0.3 is 5.97 Å². The molecule has 20 heavy (non-hydrogen) atoms. The van der Waals surface area contributed by atoms with Crippen molar-refractivity contribution < 1.29 is 14.7 Å². The number of halogens is 1. The normalized spacial score (nSPS) is 19.9. The molecule has 2 rings (SSSR count). The largest absolute Gasteiger partial charge is 0.481 e. The number of carbonyl (C=O) groups is 2. The molecule has 1 aromatic rings. The van der Waals surface area contributed by atoms with Crippen molar-refractivity contribution in [2.45, 2.75) is 25.9 Å². The van der Waals surface area contributed by atoms with Gasteiger partial charge in [-0.1, -0.05) is 11.6 Å². The van der Waals surface area contributed by atoms with Crippen LogP contribution in [0.5, 0.6) is 0 Å².